The van der Waals surface area contributed by atoms with Crippen LogP contribution in [0.2, 0.25) is 0 Å². The van der Waals surface area contributed by atoms with Crippen LogP contribution in [0.3, 0.4) is 0 Å². The van der Waals surface area contributed by atoms with E-state index in [0.717, 1.165) is 28.5 Å². The second-order valence-electron chi connectivity index (χ2n) is 12.2. The first-order valence-corrected chi connectivity index (χ1v) is 15.3. The number of hydrogen-bond donors (Lipinski definition) is 3. The van der Waals surface area contributed by atoms with Gasteiger partial charge in [0.25, 0.3) is 5.91 Å². The van der Waals surface area contributed by atoms with Crippen molar-refractivity contribution in [1.82, 2.24) is 24.8 Å². The van der Waals surface area contributed by atoms with Crippen LogP contribution in [0.4, 0.5) is 0 Å². The van der Waals surface area contributed by atoms with E-state index < -0.39 is 21.5 Å². The number of piperazine rings is 1. The fourth-order valence-electron chi connectivity index (χ4n) is 5.91. The maximum absolute atomic E-state index is 13.8. The van der Waals surface area contributed by atoms with Crippen molar-refractivity contribution in [3.05, 3.63) is 65.4 Å². The fourth-order valence-corrected chi connectivity index (χ4v) is 7.26. The molecule has 2 bridgehead atoms. The van der Waals surface area contributed by atoms with Crippen LogP contribution >= 0.6 is 0 Å². The Balaban J connectivity index is 1.19. The standard InChI is InChI=1S/C30H39N5O4S/c1-19-10-11-20(2)26(14-19)40(38,39)31-12-13-34-17-23-16-22(34)18-35(23)29(37)27(30(3,4)5)33-28(36)25-15-21-8-6-7-9-24(21)32-25/h6-11,14-15,22-23,27,31-32H,12-13,16-18H2,1-5H3,(H,33,36)/t22-,23-,27+/m0/s1. The fraction of sp³-hybridized carbons (Fsp3) is 0.467. The van der Waals surface area contributed by atoms with Gasteiger partial charge in [-0.25, -0.2) is 13.1 Å². The molecule has 2 aromatic carbocycles. The molecule has 3 N–H and O–H groups in total. The Labute approximate surface area is 236 Å². The molecule has 3 aromatic rings. The van der Waals surface area contributed by atoms with Crippen LogP contribution in [0, 0.1) is 19.3 Å². The minimum atomic E-state index is -3.60. The number of nitrogens with zero attached hydrogens (tertiary/aromatic N) is 2. The summed E-state index contributed by atoms with van der Waals surface area (Å²) >= 11 is 0. The van der Waals surface area contributed by atoms with Crippen LogP contribution in [-0.4, -0.2) is 79.3 Å². The molecule has 40 heavy (non-hydrogen) atoms. The molecule has 2 aliphatic heterocycles. The Bertz CT molecular complexity index is 1510. The van der Waals surface area contributed by atoms with Crippen LogP contribution in [0.1, 0.15) is 48.8 Å². The van der Waals surface area contributed by atoms with Crippen molar-refractivity contribution in [2.75, 3.05) is 26.2 Å². The highest BCUT2D eigenvalue weighted by atomic mass is 32.2. The molecule has 0 radical (unpaired) electrons. The first kappa shape index (κ1) is 28.3. The number of amides is 2. The number of likely N-dealkylation sites (tertiary alicyclic amines) is 2. The molecule has 0 saturated carbocycles. The van der Waals surface area contributed by atoms with Gasteiger partial charge in [-0.1, -0.05) is 51.1 Å². The summed E-state index contributed by atoms with van der Waals surface area (Å²) in [5.74, 6) is -0.369. The third-order valence-electron chi connectivity index (χ3n) is 8.12. The Morgan fingerprint density at radius 2 is 1.80 bits per heavy atom. The van der Waals surface area contributed by atoms with E-state index >= 15 is 0 Å². The number of carbonyl (C=O) groups is 2. The molecule has 1 aromatic heterocycles. The number of hydrogen-bond acceptors (Lipinski definition) is 5. The van der Waals surface area contributed by atoms with E-state index in [9.17, 15) is 18.0 Å². The van der Waals surface area contributed by atoms with Gasteiger partial charge in [0.05, 0.1) is 4.90 Å². The molecule has 2 fully saturated rings. The SMILES string of the molecule is Cc1ccc(C)c(S(=O)(=O)NCCN2C[C@@H]3C[C@H]2CN3C(=O)[C@@H](NC(=O)c2cc3ccccc3[nH]2)C(C)(C)C)c1. The largest absolute Gasteiger partial charge is 0.351 e. The molecule has 2 aliphatic rings. The maximum Gasteiger partial charge on any atom is 0.268 e. The Morgan fingerprint density at radius 1 is 1.05 bits per heavy atom. The zero-order valence-corrected chi connectivity index (χ0v) is 24.6. The lowest BCUT2D eigenvalue weighted by molar-refractivity contribution is -0.138. The monoisotopic (exact) mass is 565 g/mol. The number of H-pyrrole nitrogens is 1. The predicted octanol–water partition coefficient (Wildman–Crippen LogP) is 3.19. The predicted molar refractivity (Wildman–Crippen MR) is 156 cm³/mol. The molecule has 3 heterocycles. The number of carbonyl (C=O) groups excluding carboxylic acids is 2. The van der Waals surface area contributed by atoms with Crippen LogP contribution in [0.15, 0.2) is 53.4 Å². The zero-order chi connectivity index (χ0) is 28.8. The van der Waals surface area contributed by atoms with E-state index in [4.69, 9.17) is 0 Å². The summed E-state index contributed by atoms with van der Waals surface area (Å²) in [6.07, 6.45) is 0.850. The van der Waals surface area contributed by atoms with Gasteiger partial charge >= 0.3 is 0 Å². The topological polar surface area (TPSA) is 115 Å². The van der Waals surface area contributed by atoms with Gasteiger partial charge in [-0.2, -0.15) is 0 Å². The lowest BCUT2D eigenvalue weighted by atomic mass is 9.85. The van der Waals surface area contributed by atoms with E-state index in [-0.39, 0.29) is 23.9 Å². The van der Waals surface area contributed by atoms with Gasteiger partial charge in [0.2, 0.25) is 15.9 Å². The van der Waals surface area contributed by atoms with Crippen LogP contribution < -0.4 is 10.0 Å². The van der Waals surface area contributed by atoms with Crippen molar-refractivity contribution in [3.63, 3.8) is 0 Å². The average Bonchev–Trinajstić information content (AvgIpc) is 3.61. The summed E-state index contributed by atoms with van der Waals surface area (Å²) in [5, 5.41) is 3.95. The van der Waals surface area contributed by atoms with Gasteiger partial charge in [0, 0.05) is 49.2 Å². The van der Waals surface area contributed by atoms with Gasteiger partial charge in [-0.3, -0.25) is 14.5 Å². The highest BCUT2D eigenvalue weighted by Gasteiger charge is 2.48. The van der Waals surface area contributed by atoms with Gasteiger partial charge in [0.1, 0.15) is 11.7 Å². The van der Waals surface area contributed by atoms with Crippen molar-refractivity contribution in [2.45, 2.75) is 64.1 Å². The first-order valence-electron chi connectivity index (χ1n) is 13.8. The summed E-state index contributed by atoms with van der Waals surface area (Å²) < 4.78 is 28.5. The molecular weight excluding hydrogens is 526 g/mol. The van der Waals surface area contributed by atoms with E-state index in [1.54, 1.807) is 19.1 Å². The number of aryl methyl sites for hydroxylation is 2. The molecule has 214 valence electrons. The minimum Gasteiger partial charge on any atom is -0.351 e. The summed E-state index contributed by atoms with van der Waals surface area (Å²) in [4.78, 5) is 34.6. The second-order valence-corrected chi connectivity index (χ2v) is 14.0. The van der Waals surface area contributed by atoms with Gasteiger partial charge in [-0.15, -0.1) is 0 Å². The van der Waals surface area contributed by atoms with E-state index in [1.807, 2.05) is 69.0 Å². The molecule has 5 rings (SSSR count). The number of nitrogens with one attached hydrogen (secondary N) is 3. The smallest absolute Gasteiger partial charge is 0.268 e. The number of aromatic nitrogens is 1. The number of benzene rings is 2. The quantitative estimate of drug-likeness (QED) is 0.388. The van der Waals surface area contributed by atoms with Crippen molar-refractivity contribution in [1.29, 1.82) is 0 Å². The third-order valence-corrected chi connectivity index (χ3v) is 9.73. The van der Waals surface area contributed by atoms with Crippen LogP contribution in [0.5, 0.6) is 0 Å². The zero-order valence-electron chi connectivity index (χ0n) is 23.8. The Kier molecular flexibility index (Phi) is 7.54. The van der Waals surface area contributed by atoms with Gasteiger partial charge in [0.15, 0.2) is 0 Å². The van der Waals surface area contributed by atoms with Crippen LogP contribution in [0.25, 0.3) is 10.9 Å². The molecule has 0 spiro atoms. The highest BCUT2D eigenvalue weighted by molar-refractivity contribution is 7.89. The maximum atomic E-state index is 13.8. The summed E-state index contributed by atoms with van der Waals surface area (Å²) in [6.45, 7) is 11.7. The minimum absolute atomic E-state index is 0.0444. The van der Waals surface area contributed by atoms with Crippen molar-refractivity contribution >= 4 is 32.7 Å². The first-order chi connectivity index (χ1) is 18.8. The Hall–Kier alpha value is -3.21. The molecule has 2 amide bonds. The Morgan fingerprint density at radius 3 is 2.48 bits per heavy atom. The van der Waals surface area contributed by atoms with E-state index in [2.05, 4.69) is 19.9 Å². The van der Waals surface area contributed by atoms with Gasteiger partial charge in [-0.05, 0) is 55.0 Å². The average molecular weight is 566 g/mol. The number of para-hydroxylation sites is 1. The van der Waals surface area contributed by atoms with Crippen molar-refractivity contribution in [3.8, 4) is 0 Å². The second kappa shape index (κ2) is 10.6. The number of aromatic amines is 1. The lowest BCUT2D eigenvalue weighted by Crippen LogP contribution is -2.59. The number of fused-ring (bicyclic) bond motifs is 3. The van der Waals surface area contributed by atoms with Crippen molar-refractivity contribution < 1.29 is 18.0 Å². The highest BCUT2D eigenvalue weighted by Crippen LogP contribution is 2.33. The summed E-state index contributed by atoms with van der Waals surface area (Å²) in [5.41, 5.74) is 2.45. The third kappa shape index (κ3) is 5.66. The molecule has 10 heteroatoms. The van der Waals surface area contributed by atoms with Crippen molar-refractivity contribution in [2.24, 2.45) is 5.41 Å². The van der Waals surface area contributed by atoms with Gasteiger partial charge < -0.3 is 15.2 Å². The number of rotatable bonds is 8. The molecular formula is C30H39N5O4S. The van der Waals surface area contributed by atoms with E-state index in [1.165, 1.54) is 0 Å². The molecule has 0 unspecified atom stereocenters. The lowest BCUT2D eigenvalue weighted by Gasteiger charge is -2.39. The summed E-state index contributed by atoms with van der Waals surface area (Å²) in [6, 6.07) is 14.5. The molecule has 2 saturated heterocycles. The molecule has 0 aliphatic carbocycles. The molecule has 3 atom stereocenters. The summed E-state index contributed by atoms with van der Waals surface area (Å²) in [7, 11) is -3.60. The molecule has 9 nitrogen and oxygen atoms in total. The van der Waals surface area contributed by atoms with E-state index in [0.29, 0.717) is 36.8 Å². The number of sulfonamides is 1. The van der Waals surface area contributed by atoms with Crippen LogP contribution in [-0.2, 0) is 14.8 Å². The normalized spacial score (nSPS) is 20.3.